The Morgan fingerprint density at radius 3 is 2.43 bits per heavy atom. The second-order valence-electron chi connectivity index (χ2n) is 5.29. The average molecular weight is 306 g/mol. The number of carbonyl (C=O) groups is 1. The summed E-state index contributed by atoms with van der Waals surface area (Å²) in [5.74, 6) is -0.327. The summed E-state index contributed by atoms with van der Waals surface area (Å²) in [4.78, 5) is 11.4. The highest BCUT2D eigenvalue weighted by molar-refractivity contribution is 6.02. The van der Waals surface area contributed by atoms with E-state index in [2.05, 4.69) is 5.32 Å². The molecule has 3 N–H and O–H groups in total. The molecule has 3 rings (SSSR count). The minimum absolute atomic E-state index is 0.327. The van der Waals surface area contributed by atoms with Crippen LogP contribution < -0.4 is 11.1 Å². The predicted molar refractivity (Wildman–Crippen MR) is 93.5 cm³/mol. The van der Waals surface area contributed by atoms with E-state index >= 15 is 0 Å². The Balaban J connectivity index is 1.80. The quantitative estimate of drug-likeness (QED) is 0.568. The number of nitrogen functional groups attached to an aromatic ring is 1. The van der Waals surface area contributed by atoms with Gasteiger partial charge >= 0.3 is 5.97 Å². The number of nitrogens with one attached hydrogen (secondary N) is 1. The van der Waals surface area contributed by atoms with Crippen LogP contribution in [0.15, 0.2) is 60.7 Å². The molecular formula is C19H18N2O2. The molecule has 0 aliphatic rings. The van der Waals surface area contributed by atoms with Crippen molar-refractivity contribution in [3.8, 4) is 0 Å². The summed E-state index contributed by atoms with van der Waals surface area (Å²) in [6.07, 6.45) is 0. The number of hydrogen-bond donors (Lipinski definition) is 2. The molecule has 0 radical (unpaired) electrons. The maximum absolute atomic E-state index is 11.4. The standard InChI is InChI=1S/C19H18N2O2/c1-23-19(22)15-10-8-13(9-11-15)12-21-17-7-3-5-14-4-2-6-16(20)18(14)17/h2-11,21H,12,20H2,1H3. The summed E-state index contributed by atoms with van der Waals surface area (Å²) < 4.78 is 4.70. The molecule has 0 spiro atoms. The van der Waals surface area contributed by atoms with Gasteiger partial charge in [0.15, 0.2) is 0 Å². The SMILES string of the molecule is COC(=O)c1ccc(CNc2cccc3cccc(N)c23)cc1. The number of ether oxygens (including phenoxy) is 1. The number of benzene rings is 3. The number of anilines is 2. The first-order valence-corrected chi connectivity index (χ1v) is 7.37. The van der Waals surface area contributed by atoms with Gasteiger partial charge in [-0.05, 0) is 35.2 Å². The second kappa shape index (κ2) is 6.40. The van der Waals surface area contributed by atoms with Crippen LogP contribution in [0.3, 0.4) is 0 Å². The molecule has 4 heteroatoms. The van der Waals surface area contributed by atoms with E-state index in [1.165, 1.54) is 7.11 Å². The number of hydrogen-bond acceptors (Lipinski definition) is 4. The fourth-order valence-electron chi connectivity index (χ4n) is 2.59. The molecular weight excluding hydrogens is 288 g/mol. The zero-order valence-corrected chi connectivity index (χ0v) is 12.9. The Kier molecular flexibility index (Phi) is 4.15. The largest absolute Gasteiger partial charge is 0.465 e. The van der Waals surface area contributed by atoms with Crippen molar-refractivity contribution < 1.29 is 9.53 Å². The number of carbonyl (C=O) groups excluding carboxylic acids is 1. The van der Waals surface area contributed by atoms with Gasteiger partial charge in [-0.2, -0.15) is 0 Å². The molecule has 3 aromatic carbocycles. The van der Waals surface area contributed by atoms with E-state index in [0.29, 0.717) is 12.1 Å². The van der Waals surface area contributed by atoms with Crippen LogP contribution in [0.5, 0.6) is 0 Å². The summed E-state index contributed by atoms with van der Waals surface area (Å²) in [7, 11) is 1.38. The maximum Gasteiger partial charge on any atom is 0.337 e. The summed E-state index contributed by atoms with van der Waals surface area (Å²) in [6.45, 7) is 0.648. The number of esters is 1. The third-order valence-electron chi connectivity index (χ3n) is 3.79. The van der Waals surface area contributed by atoms with E-state index in [9.17, 15) is 4.79 Å². The van der Waals surface area contributed by atoms with Gasteiger partial charge in [-0.3, -0.25) is 0 Å². The molecule has 3 aromatic rings. The number of nitrogens with two attached hydrogens (primary N) is 1. The summed E-state index contributed by atoms with van der Waals surface area (Å²) in [5.41, 5.74) is 9.48. The fourth-order valence-corrected chi connectivity index (χ4v) is 2.59. The molecule has 0 amide bonds. The Bertz CT molecular complexity index is 836. The minimum Gasteiger partial charge on any atom is -0.465 e. The van der Waals surface area contributed by atoms with Crippen LogP contribution in [0.1, 0.15) is 15.9 Å². The van der Waals surface area contributed by atoms with Crippen LogP contribution in [0.4, 0.5) is 11.4 Å². The van der Waals surface area contributed by atoms with Gasteiger partial charge in [0.25, 0.3) is 0 Å². The van der Waals surface area contributed by atoms with Crippen LogP contribution in [-0.4, -0.2) is 13.1 Å². The summed E-state index contributed by atoms with van der Waals surface area (Å²) in [5, 5.41) is 5.55. The Labute approximate surface area is 134 Å². The molecule has 0 saturated heterocycles. The topological polar surface area (TPSA) is 64.3 Å². The van der Waals surface area contributed by atoms with E-state index in [1.54, 1.807) is 12.1 Å². The van der Waals surface area contributed by atoms with Crippen molar-refractivity contribution in [2.75, 3.05) is 18.2 Å². The van der Waals surface area contributed by atoms with Crippen molar-refractivity contribution in [3.05, 3.63) is 71.8 Å². The predicted octanol–water partition coefficient (Wildman–Crippen LogP) is 3.82. The number of methoxy groups -OCH3 is 1. The lowest BCUT2D eigenvalue weighted by Gasteiger charge is -2.12. The number of rotatable bonds is 4. The molecule has 0 heterocycles. The third kappa shape index (κ3) is 3.11. The lowest BCUT2D eigenvalue weighted by atomic mass is 10.1. The Morgan fingerprint density at radius 1 is 1.04 bits per heavy atom. The van der Waals surface area contributed by atoms with E-state index in [1.807, 2.05) is 48.5 Å². The molecule has 0 aromatic heterocycles. The van der Waals surface area contributed by atoms with Crippen molar-refractivity contribution in [2.45, 2.75) is 6.54 Å². The molecule has 4 nitrogen and oxygen atoms in total. The maximum atomic E-state index is 11.4. The summed E-state index contributed by atoms with van der Waals surface area (Å²) in [6, 6.07) is 19.3. The summed E-state index contributed by atoms with van der Waals surface area (Å²) >= 11 is 0. The van der Waals surface area contributed by atoms with Crippen molar-refractivity contribution in [3.63, 3.8) is 0 Å². The van der Waals surface area contributed by atoms with Gasteiger partial charge in [0.2, 0.25) is 0 Å². The smallest absolute Gasteiger partial charge is 0.337 e. The third-order valence-corrected chi connectivity index (χ3v) is 3.79. The van der Waals surface area contributed by atoms with Crippen LogP contribution >= 0.6 is 0 Å². The molecule has 0 saturated carbocycles. The molecule has 0 bridgehead atoms. The van der Waals surface area contributed by atoms with Crippen molar-refractivity contribution in [1.82, 2.24) is 0 Å². The zero-order valence-electron chi connectivity index (χ0n) is 12.9. The Hall–Kier alpha value is -3.01. The van der Waals surface area contributed by atoms with Crippen molar-refractivity contribution in [1.29, 1.82) is 0 Å². The van der Waals surface area contributed by atoms with E-state index in [-0.39, 0.29) is 5.97 Å². The van der Waals surface area contributed by atoms with E-state index in [0.717, 1.165) is 27.7 Å². The van der Waals surface area contributed by atoms with Gasteiger partial charge in [-0.1, -0.05) is 36.4 Å². The van der Waals surface area contributed by atoms with Crippen LogP contribution in [0.2, 0.25) is 0 Å². The second-order valence-corrected chi connectivity index (χ2v) is 5.29. The van der Waals surface area contributed by atoms with E-state index < -0.39 is 0 Å². The molecule has 116 valence electrons. The zero-order chi connectivity index (χ0) is 16.2. The lowest BCUT2D eigenvalue weighted by molar-refractivity contribution is 0.0600. The highest BCUT2D eigenvalue weighted by Gasteiger charge is 2.06. The monoisotopic (exact) mass is 306 g/mol. The molecule has 0 atom stereocenters. The molecule has 23 heavy (non-hydrogen) atoms. The normalized spacial score (nSPS) is 10.5. The fraction of sp³-hybridized carbons (Fsp3) is 0.105. The van der Waals surface area contributed by atoms with Crippen LogP contribution in [0, 0.1) is 0 Å². The van der Waals surface area contributed by atoms with Gasteiger partial charge in [-0.25, -0.2) is 4.79 Å². The van der Waals surface area contributed by atoms with Gasteiger partial charge in [0, 0.05) is 23.3 Å². The Morgan fingerprint density at radius 2 is 1.74 bits per heavy atom. The van der Waals surface area contributed by atoms with Crippen LogP contribution in [-0.2, 0) is 11.3 Å². The lowest BCUT2D eigenvalue weighted by Crippen LogP contribution is -2.03. The van der Waals surface area contributed by atoms with Crippen molar-refractivity contribution in [2.24, 2.45) is 0 Å². The molecule has 0 unspecified atom stereocenters. The highest BCUT2D eigenvalue weighted by Crippen LogP contribution is 2.29. The molecule has 0 fully saturated rings. The van der Waals surface area contributed by atoms with Gasteiger partial charge < -0.3 is 15.8 Å². The first-order chi connectivity index (χ1) is 11.2. The minimum atomic E-state index is -0.327. The van der Waals surface area contributed by atoms with Gasteiger partial charge in [0.1, 0.15) is 0 Å². The first-order valence-electron chi connectivity index (χ1n) is 7.37. The number of fused-ring (bicyclic) bond motifs is 1. The molecule has 0 aliphatic heterocycles. The highest BCUT2D eigenvalue weighted by atomic mass is 16.5. The van der Waals surface area contributed by atoms with Gasteiger partial charge in [-0.15, -0.1) is 0 Å². The van der Waals surface area contributed by atoms with Gasteiger partial charge in [0.05, 0.1) is 12.7 Å². The van der Waals surface area contributed by atoms with Crippen molar-refractivity contribution >= 4 is 28.1 Å². The molecule has 0 aliphatic carbocycles. The average Bonchev–Trinajstić information content (AvgIpc) is 2.60. The van der Waals surface area contributed by atoms with E-state index in [4.69, 9.17) is 10.5 Å². The van der Waals surface area contributed by atoms with Crippen LogP contribution in [0.25, 0.3) is 10.8 Å². The first kappa shape index (κ1) is 14.9.